The van der Waals surface area contributed by atoms with Gasteiger partial charge >= 0.3 is 0 Å². The van der Waals surface area contributed by atoms with Crippen molar-refractivity contribution in [1.29, 1.82) is 0 Å². The largest absolute Gasteiger partial charge is 0.355 e. The van der Waals surface area contributed by atoms with Gasteiger partial charge in [-0.2, -0.15) is 5.10 Å². The van der Waals surface area contributed by atoms with Crippen LogP contribution >= 0.6 is 0 Å². The van der Waals surface area contributed by atoms with E-state index < -0.39 is 0 Å². The molecule has 0 radical (unpaired) electrons. The van der Waals surface area contributed by atoms with Crippen LogP contribution in [-0.4, -0.2) is 50.8 Å². The molecule has 0 N–H and O–H groups in total. The molecule has 2 aromatic heterocycles. The van der Waals surface area contributed by atoms with Gasteiger partial charge in [-0.25, -0.2) is 19.0 Å². The van der Waals surface area contributed by atoms with E-state index in [1.807, 2.05) is 41.2 Å². The van der Waals surface area contributed by atoms with E-state index in [9.17, 15) is 4.39 Å². The number of nitrogens with zero attached hydrogens (tertiary/aromatic N) is 6. The molecule has 35 heavy (non-hydrogen) atoms. The van der Waals surface area contributed by atoms with Gasteiger partial charge in [0.25, 0.3) is 0 Å². The Balaban J connectivity index is 1.45. The molecule has 1 fully saturated rings. The van der Waals surface area contributed by atoms with Gasteiger partial charge < -0.3 is 4.90 Å². The van der Waals surface area contributed by atoms with Gasteiger partial charge in [-0.15, -0.1) is 0 Å². The fourth-order valence-corrected chi connectivity index (χ4v) is 4.88. The minimum absolute atomic E-state index is 0.187. The summed E-state index contributed by atoms with van der Waals surface area (Å²) >= 11 is 0. The average molecular weight is 473 g/mol. The number of para-hydroxylation sites is 1. The second-order valence-electron chi connectivity index (χ2n) is 9.47. The van der Waals surface area contributed by atoms with Crippen LogP contribution in [0.15, 0.2) is 60.8 Å². The topological polar surface area (TPSA) is 50.1 Å². The molecular formula is C28H33FN6. The van der Waals surface area contributed by atoms with Crippen molar-refractivity contribution in [3.05, 3.63) is 78.0 Å². The van der Waals surface area contributed by atoms with Crippen LogP contribution in [0.4, 0.5) is 10.2 Å². The molecule has 182 valence electrons. The molecule has 1 atom stereocenters. The molecule has 0 amide bonds. The first-order valence-corrected chi connectivity index (χ1v) is 12.6. The first kappa shape index (κ1) is 23.4. The summed E-state index contributed by atoms with van der Waals surface area (Å²) < 4.78 is 15.2. The highest BCUT2D eigenvalue weighted by Gasteiger charge is 2.23. The molecule has 3 heterocycles. The molecule has 0 bridgehead atoms. The zero-order valence-corrected chi connectivity index (χ0v) is 20.6. The van der Waals surface area contributed by atoms with E-state index in [-0.39, 0.29) is 11.7 Å². The Hall–Kier alpha value is -3.32. The number of hydrogen-bond acceptors (Lipinski definition) is 5. The Morgan fingerprint density at radius 3 is 2.51 bits per heavy atom. The normalized spacial score (nSPS) is 15.9. The molecular weight excluding hydrogens is 439 g/mol. The van der Waals surface area contributed by atoms with E-state index in [4.69, 9.17) is 15.1 Å². The number of rotatable bonds is 7. The Kier molecular flexibility index (Phi) is 7.04. The highest BCUT2D eigenvalue weighted by Crippen LogP contribution is 2.29. The van der Waals surface area contributed by atoms with Gasteiger partial charge in [0.2, 0.25) is 0 Å². The van der Waals surface area contributed by atoms with Crippen LogP contribution in [0.25, 0.3) is 16.7 Å². The van der Waals surface area contributed by atoms with Gasteiger partial charge in [0.1, 0.15) is 17.5 Å². The third-order valence-electron chi connectivity index (χ3n) is 6.80. The third kappa shape index (κ3) is 5.20. The zero-order valence-electron chi connectivity index (χ0n) is 20.6. The summed E-state index contributed by atoms with van der Waals surface area (Å²) in [6.07, 6.45) is 5.10. The van der Waals surface area contributed by atoms with E-state index in [1.54, 1.807) is 12.1 Å². The Bertz CT molecular complexity index is 1250. The van der Waals surface area contributed by atoms with Crippen LogP contribution in [0.3, 0.4) is 0 Å². The SMILES string of the molecule is CCCC(C)c1nc(N2CCCN(Cc3ccc(F)cc3)CC2)c2cnn(-c3ccccc3)c2n1. The highest BCUT2D eigenvalue weighted by molar-refractivity contribution is 5.88. The Morgan fingerprint density at radius 1 is 0.943 bits per heavy atom. The van der Waals surface area contributed by atoms with E-state index in [0.29, 0.717) is 0 Å². The molecule has 1 unspecified atom stereocenters. The molecule has 1 saturated heterocycles. The van der Waals surface area contributed by atoms with Crippen LogP contribution in [-0.2, 0) is 6.54 Å². The van der Waals surface area contributed by atoms with Crippen LogP contribution in [0, 0.1) is 5.82 Å². The number of hydrogen-bond donors (Lipinski definition) is 0. The van der Waals surface area contributed by atoms with E-state index in [1.165, 1.54) is 0 Å². The second-order valence-corrected chi connectivity index (χ2v) is 9.47. The predicted octanol–water partition coefficient (Wildman–Crippen LogP) is 5.57. The van der Waals surface area contributed by atoms with Crippen molar-refractivity contribution < 1.29 is 4.39 Å². The summed E-state index contributed by atoms with van der Waals surface area (Å²) in [5.74, 6) is 1.97. The standard InChI is InChI=1S/C28H33FN6/c1-3-8-21(2)26-31-27(25-19-30-35(28(25)32-26)24-9-5-4-6-10-24)34-16-7-15-33(17-18-34)20-22-11-13-23(29)14-12-22/h4-6,9-14,19,21H,3,7-8,15-18,20H2,1-2H3. The highest BCUT2D eigenvalue weighted by atomic mass is 19.1. The van der Waals surface area contributed by atoms with Crippen LogP contribution in [0.5, 0.6) is 0 Å². The second kappa shape index (κ2) is 10.5. The van der Waals surface area contributed by atoms with Gasteiger partial charge in [-0.05, 0) is 42.7 Å². The monoisotopic (exact) mass is 472 g/mol. The Morgan fingerprint density at radius 2 is 1.74 bits per heavy atom. The number of aromatic nitrogens is 4. The van der Waals surface area contributed by atoms with Crippen LogP contribution in [0.2, 0.25) is 0 Å². The first-order valence-electron chi connectivity index (χ1n) is 12.6. The summed E-state index contributed by atoms with van der Waals surface area (Å²) in [5, 5.41) is 5.71. The van der Waals surface area contributed by atoms with Crippen molar-refractivity contribution in [2.24, 2.45) is 0 Å². The van der Waals surface area contributed by atoms with Gasteiger partial charge in [-0.1, -0.05) is 50.6 Å². The van der Waals surface area contributed by atoms with Crippen molar-refractivity contribution in [2.45, 2.75) is 45.6 Å². The van der Waals surface area contributed by atoms with E-state index in [0.717, 1.165) is 85.9 Å². The molecule has 0 spiro atoms. The lowest BCUT2D eigenvalue weighted by Gasteiger charge is -2.24. The lowest BCUT2D eigenvalue weighted by Crippen LogP contribution is -2.31. The maximum Gasteiger partial charge on any atom is 0.168 e. The van der Waals surface area contributed by atoms with Crippen molar-refractivity contribution in [3.8, 4) is 5.69 Å². The third-order valence-corrected chi connectivity index (χ3v) is 6.80. The zero-order chi connectivity index (χ0) is 24.2. The fourth-order valence-electron chi connectivity index (χ4n) is 4.88. The van der Waals surface area contributed by atoms with E-state index in [2.05, 4.69) is 35.8 Å². The Labute approximate surface area is 206 Å². The van der Waals surface area contributed by atoms with Crippen molar-refractivity contribution in [1.82, 2.24) is 24.6 Å². The number of halogens is 1. The lowest BCUT2D eigenvalue weighted by molar-refractivity contribution is 0.285. The maximum atomic E-state index is 13.3. The summed E-state index contributed by atoms with van der Waals surface area (Å²) in [4.78, 5) is 15.0. The number of anilines is 1. The molecule has 2 aromatic carbocycles. The smallest absolute Gasteiger partial charge is 0.168 e. The molecule has 7 heteroatoms. The summed E-state index contributed by atoms with van der Waals surface area (Å²) in [6.45, 7) is 8.99. The average Bonchev–Trinajstić information content (AvgIpc) is 3.18. The predicted molar refractivity (Wildman–Crippen MR) is 138 cm³/mol. The molecule has 6 nitrogen and oxygen atoms in total. The minimum atomic E-state index is -0.187. The van der Waals surface area contributed by atoms with Crippen molar-refractivity contribution in [3.63, 3.8) is 0 Å². The minimum Gasteiger partial charge on any atom is -0.355 e. The van der Waals surface area contributed by atoms with Gasteiger partial charge in [-0.3, -0.25) is 4.90 Å². The molecule has 1 aliphatic heterocycles. The summed E-state index contributed by atoms with van der Waals surface area (Å²) in [6, 6.07) is 17.0. The number of benzene rings is 2. The summed E-state index contributed by atoms with van der Waals surface area (Å²) in [7, 11) is 0. The first-order chi connectivity index (χ1) is 17.1. The van der Waals surface area contributed by atoms with Crippen LogP contribution in [0.1, 0.15) is 50.4 Å². The van der Waals surface area contributed by atoms with Gasteiger partial charge in [0.15, 0.2) is 5.65 Å². The molecule has 0 aliphatic carbocycles. The maximum absolute atomic E-state index is 13.3. The quantitative estimate of drug-likeness (QED) is 0.352. The molecule has 0 saturated carbocycles. The van der Waals surface area contributed by atoms with Gasteiger partial charge in [0, 0.05) is 38.6 Å². The molecule has 1 aliphatic rings. The summed E-state index contributed by atoms with van der Waals surface area (Å²) in [5.41, 5.74) is 3.01. The van der Waals surface area contributed by atoms with E-state index >= 15 is 0 Å². The lowest BCUT2D eigenvalue weighted by atomic mass is 10.1. The van der Waals surface area contributed by atoms with Crippen molar-refractivity contribution in [2.75, 3.05) is 31.1 Å². The molecule has 5 rings (SSSR count). The van der Waals surface area contributed by atoms with Crippen molar-refractivity contribution >= 4 is 16.9 Å². The fraction of sp³-hybridized carbons (Fsp3) is 0.393. The van der Waals surface area contributed by atoms with Gasteiger partial charge in [0.05, 0.1) is 17.3 Å². The van der Waals surface area contributed by atoms with Crippen LogP contribution < -0.4 is 4.90 Å². The molecule has 4 aromatic rings. The number of fused-ring (bicyclic) bond motifs is 1.